The highest BCUT2D eigenvalue weighted by molar-refractivity contribution is 6.03. The average molecular weight is 401 g/mol. The number of hydrogen-bond donors (Lipinski definition) is 5. The van der Waals surface area contributed by atoms with Gasteiger partial charge in [-0.2, -0.15) is 0 Å². The molecule has 1 fully saturated rings. The van der Waals surface area contributed by atoms with Gasteiger partial charge in [0.1, 0.15) is 42.2 Å². The van der Waals surface area contributed by atoms with Crippen LogP contribution in [0.5, 0.6) is 5.75 Å². The first-order chi connectivity index (χ1) is 14.0. The summed E-state index contributed by atoms with van der Waals surface area (Å²) in [4.78, 5) is 6.28. The molecule has 1 saturated heterocycles. The summed E-state index contributed by atoms with van der Waals surface area (Å²) in [6.07, 6.45) is 2.40. The number of allylic oxidation sites excluding steroid dienone is 2. The number of ether oxygens (including phenoxy) is 2. The first-order valence-electron chi connectivity index (χ1n) is 9.32. The van der Waals surface area contributed by atoms with E-state index in [0.29, 0.717) is 11.6 Å². The highest BCUT2D eigenvalue weighted by Gasteiger charge is 2.44. The first-order valence-corrected chi connectivity index (χ1v) is 9.32. The van der Waals surface area contributed by atoms with Crippen LogP contribution in [0, 0.1) is 5.41 Å². The SMILES string of the molecule is N=C1C(c2ccc(OC3OC(CO)C(O)C(O)C3O)cc2)C=NC2C=CC=CN12. The van der Waals surface area contributed by atoms with Crippen LogP contribution < -0.4 is 4.74 Å². The number of aliphatic hydroxyl groups excluding tert-OH is 4. The van der Waals surface area contributed by atoms with Crippen molar-refractivity contribution in [3.05, 3.63) is 54.3 Å². The van der Waals surface area contributed by atoms with Crippen LogP contribution in [-0.4, -0.2) is 80.9 Å². The Morgan fingerprint density at radius 2 is 1.83 bits per heavy atom. The lowest BCUT2D eigenvalue weighted by Gasteiger charge is -2.39. The summed E-state index contributed by atoms with van der Waals surface area (Å²) in [5.41, 5.74) is 0.848. The molecular formula is C20H23N3O6. The van der Waals surface area contributed by atoms with Crippen molar-refractivity contribution >= 4 is 12.1 Å². The summed E-state index contributed by atoms with van der Waals surface area (Å²) in [6.45, 7) is -0.520. The van der Waals surface area contributed by atoms with Crippen LogP contribution in [0.3, 0.4) is 0 Å². The molecule has 4 rings (SSSR count). The summed E-state index contributed by atoms with van der Waals surface area (Å²) in [6, 6.07) is 6.90. The van der Waals surface area contributed by atoms with Crippen molar-refractivity contribution in [3.8, 4) is 5.75 Å². The van der Waals surface area contributed by atoms with Gasteiger partial charge in [-0.3, -0.25) is 10.4 Å². The standard InChI is InChI=1S/C20H23N3O6/c21-19-13(9-22-15-3-1-2-8-23(15)19)11-4-6-12(7-5-11)28-20-18(27)17(26)16(25)14(10-24)29-20/h1-9,13-18,20-21,24-27H,10H2. The van der Waals surface area contributed by atoms with Crippen LogP contribution in [0.1, 0.15) is 11.5 Å². The van der Waals surface area contributed by atoms with Gasteiger partial charge in [0.2, 0.25) is 6.29 Å². The number of benzene rings is 1. The van der Waals surface area contributed by atoms with Crippen LogP contribution in [0.2, 0.25) is 0 Å². The molecule has 9 nitrogen and oxygen atoms in total. The summed E-state index contributed by atoms with van der Waals surface area (Å²) in [5.74, 6) is 0.480. The van der Waals surface area contributed by atoms with Crippen molar-refractivity contribution in [2.75, 3.05) is 6.61 Å². The molecule has 1 aromatic carbocycles. The largest absolute Gasteiger partial charge is 0.462 e. The topological polar surface area (TPSA) is 139 Å². The Morgan fingerprint density at radius 1 is 1.07 bits per heavy atom. The minimum absolute atomic E-state index is 0.183. The molecule has 29 heavy (non-hydrogen) atoms. The van der Waals surface area contributed by atoms with Crippen LogP contribution in [0.25, 0.3) is 0 Å². The Balaban J connectivity index is 1.46. The van der Waals surface area contributed by atoms with Gasteiger partial charge in [-0.15, -0.1) is 0 Å². The number of aliphatic imine (C=N–C) groups is 1. The molecule has 1 aromatic rings. The molecule has 0 spiro atoms. The minimum Gasteiger partial charge on any atom is -0.462 e. The monoisotopic (exact) mass is 401 g/mol. The molecule has 0 aromatic heterocycles. The zero-order valence-corrected chi connectivity index (χ0v) is 15.4. The summed E-state index contributed by atoms with van der Waals surface area (Å²) < 4.78 is 11.0. The molecule has 7 atom stereocenters. The van der Waals surface area contributed by atoms with Gasteiger partial charge in [0.15, 0.2) is 0 Å². The van der Waals surface area contributed by atoms with E-state index in [1.165, 1.54) is 0 Å². The number of rotatable bonds is 4. The van der Waals surface area contributed by atoms with Gasteiger partial charge >= 0.3 is 0 Å². The molecule has 3 aliphatic heterocycles. The van der Waals surface area contributed by atoms with Gasteiger partial charge in [0, 0.05) is 12.4 Å². The van der Waals surface area contributed by atoms with Crippen molar-refractivity contribution in [2.45, 2.75) is 42.8 Å². The number of amidine groups is 1. The molecule has 0 radical (unpaired) electrons. The van der Waals surface area contributed by atoms with E-state index in [4.69, 9.17) is 14.9 Å². The minimum atomic E-state index is -1.50. The Morgan fingerprint density at radius 3 is 2.55 bits per heavy atom. The van der Waals surface area contributed by atoms with E-state index in [2.05, 4.69) is 4.99 Å². The van der Waals surface area contributed by atoms with E-state index in [-0.39, 0.29) is 12.1 Å². The summed E-state index contributed by atoms with van der Waals surface area (Å²) in [7, 11) is 0. The normalized spacial score (nSPS) is 36.2. The van der Waals surface area contributed by atoms with E-state index in [9.17, 15) is 20.4 Å². The maximum atomic E-state index is 10.1. The lowest BCUT2D eigenvalue weighted by Crippen LogP contribution is -2.60. The second kappa shape index (κ2) is 8.05. The lowest BCUT2D eigenvalue weighted by molar-refractivity contribution is -0.277. The molecule has 0 amide bonds. The molecule has 5 N–H and O–H groups in total. The van der Waals surface area contributed by atoms with Crippen molar-refractivity contribution < 1.29 is 29.9 Å². The third kappa shape index (κ3) is 3.70. The number of nitrogens with zero attached hydrogens (tertiary/aromatic N) is 2. The quantitative estimate of drug-likeness (QED) is 0.468. The van der Waals surface area contributed by atoms with Gasteiger partial charge in [0.25, 0.3) is 0 Å². The zero-order chi connectivity index (χ0) is 20.5. The van der Waals surface area contributed by atoms with E-state index < -0.39 is 37.3 Å². The molecule has 0 saturated carbocycles. The second-order valence-electron chi connectivity index (χ2n) is 7.09. The lowest BCUT2D eigenvalue weighted by atomic mass is 9.96. The van der Waals surface area contributed by atoms with Crippen LogP contribution in [-0.2, 0) is 4.74 Å². The van der Waals surface area contributed by atoms with Gasteiger partial charge in [0.05, 0.1) is 12.5 Å². The van der Waals surface area contributed by atoms with Crippen LogP contribution in [0.4, 0.5) is 0 Å². The van der Waals surface area contributed by atoms with Crippen molar-refractivity contribution in [3.63, 3.8) is 0 Å². The molecule has 9 heteroatoms. The van der Waals surface area contributed by atoms with E-state index in [1.54, 1.807) is 35.4 Å². The zero-order valence-electron chi connectivity index (χ0n) is 15.4. The fraction of sp³-hybridized carbons (Fsp3) is 0.400. The molecule has 3 heterocycles. The third-order valence-electron chi connectivity index (χ3n) is 5.23. The Bertz CT molecular complexity index is 837. The highest BCUT2D eigenvalue weighted by Crippen LogP contribution is 2.28. The Kier molecular flexibility index (Phi) is 5.48. The predicted octanol–water partition coefficient (Wildman–Crippen LogP) is -0.278. The average Bonchev–Trinajstić information content (AvgIpc) is 2.75. The predicted molar refractivity (Wildman–Crippen MR) is 104 cm³/mol. The summed E-state index contributed by atoms with van der Waals surface area (Å²) in [5, 5.41) is 47.5. The van der Waals surface area contributed by atoms with Crippen molar-refractivity contribution in [2.24, 2.45) is 4.99 Å². The smallest absolute Gasteiger partial charge is 0.229 e. The Hall–Kier alpha value is -2.56. The van der Waals surface area contributed by atoms with Crippen molar-refractivity contribution in [1.29, 1.82) is 5.41 Å². The molecular weight excluding hydrogens is 378 g/mol. The van der Waals surface area contributed by atoms with E-state index in [0.717, 1.165) is 5.56 Å². The molecule has 7 unspecified atom stereocenters. The summed E-state index contributed by atoms with van der Waals surface area (Å²) >= 11 is 0. The van der Waals surface area contributed by atoms with Crippen molar-refractivity contribution in [1.82, 2.24) is 4.90 Å². The van der Waals surface area contributed by atoms with Crippen LogP contribution >= 0.6 is 0 Å². The molecule has 154 valence electrons. The van der Waals surface area contributed by atoms with Gasteiger partial charge in [-0.25, -0.2) is 0 Å². The van der Waals surface area contributed by atoms with Crippen LogP contribution in [0.15, 0.2) is 53.7 Å². The fourth-order valence-corrected chi connectivity index (χ4v) is 3.53. The third-order valence-corrected chi connectivity index (χ3v) is 5.23. The van der Waals surface area contributed by atoms with E-state index >= 15 is 0 Å². The second-order valence-corrected chi connectivity index (χ2v) is 7.09. The first kappa shape index (κ1) is 19.7. The highest BCUT2D eigenvalue weighted by atomic mass is 16.7. The number of nitrogens with one attached hydrogen (secondary N) is 1. The molecule has 0 bridgehead atoms. The number of aliphatic hydroxyl groups is 4. The Labute approximate surface area is 167 Å². The number of hydrogen-bond acceptors (Lipinski definition) is 8. The molecule has 3 aliphatic rings. The molecule has 0 aliphatic carbocycles. The maximum absolute atomic E-state index is 10.1. The van der Waals surface area contributed by atoms with Gasteiger partial charge in [-0.1, -0.05) is 18.2 Å². The van der Waals surface area contributed by atoms with Gasteiger partial charge in [-0.05, 0) is 29.8 Å². The fourth-order valence-electron chi connectivity index (χ4n) is 3.53. The maximum Gasteiger partial charge on any atom is 0.229 e. The number of fused-ring (bicyclic) bond motifs is 1. The van der Waals surface area contributed by atoms with Gasteiger partial charge < -0.3 is 34.8 Å². The van der Waals surface area contributed by atoms with E-state index in [1.807, 2.05) is 24.4 Å².